The van der Waals surface area contributed by atoms with Gasteiger partial charge in [0.15, 0.2) is 11.5 Å². The van der Waals surface area contributed by atoms with E-state index in [0.717, 1.165) is 71.4 Å². The van der Waals surface area contributed by atoms with Crippen LogP contribution in [0.4, 0.5) is 5.69 Å². The van der Waals surface area contributed by atoms with Gasteiger partial charge in [-0.25, -0.2) is 0 Å². The molecule has 0 spiro atoms. The topological polar surface area (TPSA) is 58.6 Å². The number of fused-ring (bicyclic) bond motifs is 1. The zero-order valence-corrected chi connectivity index (χ0v) is 27.4. The summed E-state index contributed by atoms with van der Waals surface area (Å²) in [6.07, 6.45) is 2.17. The first-order chi connectivity index (χ1) is 22.6. The van der Waals surface area contributed by atoms with E-state index in [0.29, 0.717) is 26.2 Å². The maximum Gasteiger partial charge on any atom is 0.231 e. The fraction of sp³-hybridized carbons (Fsp3) is 0.308. The molecule has 4 aromatic rings. The summed E-state index contributed by atoms with van der Waals surface area (Å²) < 4.78 is 17.2. The first-order valence-electron chi connectivity index (χ1n) is 16.2. The monoisotopic (exact) mass is 618 g/mol. The van der Waals surface area contributed by atoms with Gasteiger partial charge in [0.05, 0.1) is 23.7 Å². The Kier molecular flexibility index (Phi) is 11.7. The zero-order valence-electron chi connectivity index (χ0n) is 27.4. The predicted molar refractivity (Wildman–Crippen MR) is 189 cm³/mol. The minimum atomic E-state index is 0.256. The molecule has 0 unspecified atom stereocenters. The van der Waals surface area contributed by atoms with Crippen LogP contribution in [0.25, 0.3) is 5.70 Å². The van der Waals surface area contributed by atoms with Crippen LogP contribution in [0, 0.1) is 0 Å². The lowest BCUT2D eigenvalue weighted by atomic mass is 10.1. The Labute approximate surface area is 274 Å². The Morgan fingerprint density at radius 1 is 0.826 bits per heavy atom. The number of nitrogens with one attached hydrogen (secondary N) is 1. The lowest BCUT2D eigenvalue weighted by molar-refractivity contribution is 0.174. The molecule has 0 bridgehead atoms. The molecule has 0 aromatic heterocycles. The summed E-state index contributed by atoms with van der Waals surface area (Å²) in [5, 5.41) is 3.32. The molecule has 1 heterocycles. The van der Waals surface area contributed by atoms with E-state index >= 15 is 0 Å². The quantitative estimate of drug-likeness (QED) is 0.120. The van der Waals surface area contributed by atoms with E-state index in [1.807, 2.05) is 26.1 Å². The zero-order chi connectivity index (χ0) is 32.1. The summed E-state index contributed by atoms with van der Waals surface area (Å²) in [6.45, 7) is 13.0. The third-order valence-corrected chi connectivity index (χ3v) is 8.09. The lowest BCUT2D eigenvalue weighted by Gasteiger charge is -2.33. The maximum absolute atomic E-state index is 5.88. The molecule has 7 heteroatoms. The molecule has 1 aliphatic rings. The third-order valence-electron chi connectivity index (χ3n) is 8.09. The first-order valence-corrected chi connectivity index (χ1v) is 16.2. The number of nitrogens with zero attached hydrogens (tertiary/aromatic N) is 3. The molecule has 7 nitrogen and oxygen atoms in total. The highest BCUT2D eigenvalue weighted by Crippen LogP contribution is 2.34. The molecule has 46 heavy (non-hydrogen) atoms. The second-order valence-corrected chi connectivity index (χ2v) is 11.4. The fourth-order valence-electron chi connectivity index (χ4n) is 5.82. The molecule has 0 radical (unpaired) electrons. The van der Waals surface area contributed by atoms with Crippen molar-refractivity contribution in [3.63, 3.8) is 0 Å². The third kappa shape index (κ3) is 8.49. The summed E-state index contributed by atoms with van der Waals surface area (Å²) in [5.74, 6) is 2.43. The predicted octanol–water partition coefficient (Wildman–Crippen LogP) is 8.23. The van der Waals surface area contributed by atoms with Gasteiger partial charge >= 0.3 is 0 Å². The molecule has 0 saturated heterocycles. The minimum Gasteiger partial charge on any atom is -0.492 e. The van der Waals surface area contributed by atoms with E-state index in [1.54, 1.807) is 0 Å². The van der Waals surface area contributed by atoms with E-state index in [4.69, 9.17) is 19.2 Å². The molecule has 0 saturated carbocycles. The molecule has 0 aliphatic carbocycles. The molecule has 4 aromatic carbocycles. The van der Waals surface area contributed by atoms with Gasteiger partial charge in [0.2, 0.25) is 6.79 Å². The van der Waals surface area contributed by atoms with Crippen LogP contribution in [0.1, 0.15) is 48.9 Å². The first kappa shape index (κ1) is 32.6. The minimum absolute atomic E-state index is 0.256. The van der Waals surface area contributed by atoms with Crippen LogP contribution in [-0.2, 0) is 19.6 Å². The number of aliphatic imine (C=N–C) groups is 1. The van der Waals surface area contributed by atoms with Crippen LogP contribution >= 0.6 is 0 Å². The summed E-state index contributed by atoms with van der Waals surface area (Å²) in [6, 6.07) is 33.7. The molecule has 0 atom stereocenters. The van der Waals surface area contributed by atoms with Gasteiger partial charge in [-0.2, -0.15) is 0 Å². The lowest BCUT2D eigenvalue weighted by Crippen LogP contribution is -2.34. The van der Waals surface area contributed by atoms with Gasteiger partial charge in [-0.15, -0.1) is 0 Å². The summed E-state index contributed by atoms with van der Waals surface area (Å²) in [5.41, 5.74) is 7.70. The second-order valence-electron chi connectivity index (χ2n) is 11.4. The van der Waals surface area contributed by atoms with Gasteiger partial charge in [0, 0.05) is 45.3 Å². The van der Waals surface area contributed by atoms with E-state index < -0.39 is 0 Å². The van der Waals surface area contributed by atoms with Crippen molar-refractivity contribution < 1.29 is 14.2 Å². The molecule has 0 fully saturated rings. The normalized spacial score (nSPS) is 12.5. The van der Waals surface area contributed by atoms with Crippen molar-refractivity contribution in [3.8, 4) is 17.2 Å². The average Bonchev–Trinajstić information content (AvgIpc) is 3.56. The van der Waals surface area contributed by atoms with Crippen LogP contribution in [0.3, 0.4) is 0 Å². The Bertz CT molecular complexity index is 1590. The number of unbranched alkanes of at least 4 members (excludes halogenated alkanes) is 1. The molecule has 0 amide bonds. The van der Waals surface area contributed by atoms with Gasteiger partial charge < -0.3 is 24.4 Å². The Balaban J connectivity index is 1.57. The highest BCUT2D eigenvalue weighted by atomic mass is 16.7. The van der Waals surface area contributed by atoms with Gasteiger partial charge in [0.1, 0.15) is 5.75 Å². The highest BCUT2D eigenvalue weighted by molar-refractivity contribution is 5.71. The Morgan fingerprint density at radius 2 is 1.52 bits per heavy atom. The van der Waals surface area contributed by atoms with E-state index in [9.17, 15) is 0 Å². The number of benzene rings is 4. The number of hydrogen-bond acceptors (Lipinski definition) is 7. The van der Waals surface area contributed by atoms with Gasteiger partial charge in [-0.3, -0.25) is 9.89 Å². The van der Waals surface area contributed by atoms with Crippen molar-refractivity contribution in [3.05, 3.63) is 125 Å². The number of ether oxygens (including phenoxy) is 3. The SMILES string of the molecule is C=N/C(=C(/CN(Cc1ccc(OCC)c(NC)c1)Cc1ccc2c(c1)OCO2)N(CCCC)Cc1ccccc1)c1ccccc1. The molecule has 1 aliphatic heterocycles. The molecular weight excluding hydrogens is 572 g/mol. The van der Waals surface area contributed by atoms with Crippen molar-refractivity contribution in [2.45, 2.75) is 46.3 Å². The largest absolute Gasteiger partial charge is 0.492 e. The van der Waals surface area contributed by atoms with Crippen LogP contribution in [0.5, 0.6) is 17.2 Å². The van der Waals surface area contributed by atoms with Crippen molar-refractivity contribution in [1.29, 1.82) is 0 Å². The molecule has 240 valence electrons. The maximum atomic E-state index is 5.88. The van der Waals surface area contributed by atoms with Crippen LogP contribution in [0.2, 0.25) is 0 Å². The highest BCUT2D eigenvalue weighted by Gasteiger charge is 2.22. The van der Waals surface area contributed by atoms with Crippen molar-refractivity contribution in [2.75, 3.05) is 38.9 Å². The Hall–Kier alpha value is -4.75. The molecule has 1 N–H and O–H groups in total. The fourth-order valence-corrected chi connectivity index (χ4v) is 5.82. The van der Waals surface area contributed by atoms with E-state index in [-0.39, 0.29) is 6.79 Å². The number of anilines is 1. The van der Waals surface area contributed by atoms with Crippen LogP contribution in [0.15, 0.2) is 108 Å². The van der Waals surface area contributed by atoms with Crippen LogP contribution < -0.4 is 19.5 Å². The molecule has 5 rings (SSSR count). The van der Waals surface area contributed by atoms with Crippen molar-refractivity contribution in [1.82, 2.24) is 9.80 Å². The number of hydrogen-bond donors (Lipinski definition) is 1. The van der Waals surface area contributed by atoms with Gasteiger partial charge in [-0.1, -0.05) is 86.1 Å². The summed E-state index contributed by atoms with van der Waals surface area (Å²) in [4.78, 5) is 9.67. The smallest absolute Gasteiger partial charge is 0.231 e. The van der Waals surface area contributed by atoms with Crippen LogP contribution in [-0.4, -0.2) is 50.1 Å². The number of rotatable bonds is 17. The van der Waals surface area contributed by atoms with Gasteiger partial charge in [0.25, 0.3) is 0 Å². The second kappa shape index (κ2) is 16.5. The standard InChI is InChI=1S/C39H46N4O3/c1-5-7-22-43(27-30-14-10-8-11-15-30)35(39(41-4)33-16-12-9-13-17-33)28-42(26-32-19-21-37-38(24-32)46-29-45-37)25-31-18-20-36(44-6-2)34(23-31)40-3/h8-21,23-24,40H,4-7,22,25-29H2,1-3H3/b39-35-. The van der Waals surface area contributed by atoms with Gasteiger partial charge in [-0.05, 0) is 61.0 Å². The van der Waals surface area contributed by atoms with E-state index in [1.165, 1.54) is 11.1 Å². The summed E-state index contributed by atoms with van der Waals surface area (Å²) >= 11 is 0. The van der Waals surface area contributed by atoms with Crippen molar-refractivity contribution >= 4 is 18.1 Å². The molecular formula is C39H46N4O3. The van der Waals surface area contributed by atoms with Crippen molar-refractivity contribution in [2.24, 2.45) is 4.99 Å². The average molecular weight is 619 g/mol. The summed E-state index contributed by atoms with van der Waals surface area (Å²) in [7, 11) is 1.93. The Morgan fingerprint density at radius 3 is 2.22 bits per heavy atom. The van der Waals surface area contributed by atoms with E-state index in [2.05, 4.69) is 114 Å².